The number of nitriles is 1. The molecule has 0 amide bonds. The van der Waals surface area contributed by atoms with Crippen molar-refractivity contribution in [2.45, 2.75) is 31.6 Å². The molecule has 0 aliphatic heterocycles. The predicted molar refractivity (Wildman–Crippen MR) is 52.2 cm³/mol. The molecule has 0 heterocycles. The van der Waals surface area contributed by atoms with Gasteiger partial charge in [-0.15, -0.1) is 0 Å². The summed E-state index contributed by atoms with van der Waals surface area (Å²) in [5, 5.41) is 9.02. The van der Waals surface area contributed by atoms with E-state index in [0.717, 1.165) is 6.42 Å². The Morgan fingerprint density at radius 2 is 1.80 bits per heavy atom. The van der Waals surface area contributed by atoms with E-state index in [0.29, 0.717) is 18.4 Å². The van der Waals surface area contributed by atoms with Gasteiger partial charge >= 0.3 is 0 Å². The van der Waals surface area contributed by atoms with Gasteiger partial charge in [0, 0.05) is 5.56 Å². The van der Waals surface area contributed by atoms with Gasteiger partial charge in [0.25, 0.3) is 0 Å². The van der Waals surface area contributed by atoms with Crippen LogP contribution in [0, 0.1) is 29.9 Å². The lowest BCUT2D eigenvalue weighted by molar-refractivity contribution is 0.301. The van der Waals surface area contributed by atoms with Crippen molar-refractivity contribution in [2.75, 3.05) is 0 Å². The highest BCUT2D eigenvalue weighted by atomic mass is 19.1. The van der Waals surface area contributed by atoms with Crippen LogP contribution in [0.5, 0.6) is 0 Å². The van der Waals surface area contributed by atoms with Crippen molar-refractivity contribution in [3.63, 3.8) is 0 Å². The molecule has 0 N–H and O–H groups in total. The molecule has 1 aromatic rings. The molecular weight excluding hydrogens is 196 g/mol. The fraction of sp³-hybridized carbons (Fsp3) is 0.417. The zero-order valence-corrected chi connectivity index (χ0v) is 8.48. The number of halogens is 2. The fourth-order valence-electron chi connectivity index (χ4n) is 2.11. The van der Waals surface area contributed by atoms with Gasteiger partial charge in [-0.05, 0) is 43.9 Å². The second-order valence-electron chi connectivity index (χ2n) is 4.15. The summed E-state index contributed by atoms with van der Waals surface area (Å²) in [6, 6.07) is 4.63. The molecule has 1 aliphatic carbocycles. The maximum Gasteiger partial charge on any atom is 0.131 e. The molecule has 1 aromatic carbocycles. The first-order valence-electron chi connectivity index (χ1n) is 4.96. The lowest BCUT2D eigenvalue weighted by Gasteiger charge is -2.36. The van der Waals surface area contributed by atoms with Crippen LogP contribution in [-0.4, -0.2) is 0 Å². The van der Waals surface area contributed by atoms with Gasteiger partial charge in [-0.25, -0.2) is 8.78 Å². The van der Waals surface area contributed by atoms with Gasteiger partial charge in [0.05, 0.1) is 11.5 Å². The standard InChI is InChI=1S/C12H11F2N/c1-8-5-9(13)11(10(14)6-8)12(7-15)3-2-4-12/h5-6H,2-4H2,1H3. The summed E-state index contributed by atoms with van der Waals surface area (Å²) in [5.41, 5.74) is -0.412. The van der Waals surface area contributed by atoms with E-state index in [9.17, 15) is 8.78 Å². The van der Waals surface area contributed by atoms with Crippen LogP contribution in [0.2, 0.25) is 0 Å². The molecule has 3 heteroatoms. The highest BCUT2D eigenvalue weighted by Crippen LogP contribution is 2.45. The summed E-state index contributed by atoms with van der Waals surface area (Å²) in [6.07, 6.45) is 1.97. The van der Waals surface area contributed by atoms with E-state index >= 15 is 0 Å². The summed E-state index contributed by atoms with van der Waals surface area (Å²) >= 11 is 0. The third-order valence-electron chi connectivity index (χ3n) is 3.09. The lowest BCUT2D eigenvalue weighted by Crippen LogP contribution is -2.34. The van der Waals surface area contributed by atoms with E-state index in [1.165, 1.54) is 12.1 Å². The number of nitrogens with zero attached hydrogens (tertiary/aromatic N) is 1. The van der Waals surface area contributed by atoms with Crippen LogP contribution in [0.3, 0.4) is 0 Å². The second-order valence-corrected chi connectivity index (χ2v) is 4.15. The average molecular weight is 207 g/mol. The molecule has 1 aliphatic rings. The maximum absolute atomic E-state index is 13.6. The quantitative estimate of drug-likeness (QED) is 0.693. The van der Waals surface area contributed by atoms with Gasteiger partial charge in [0.15, 0.2) is 0 Å². The highest BCUT2D eigenvalue weighted by molar-refractivity contribution is 5.39. The largest absolute Gasteiger partial charge is 0.207 e. The Morgan fingerprint density at radius 3 is 2.13 bits per heavy atom. The van der Waals surface area contributed by atoms with Crippen molar-refractivity contribution in [1.82, 2.24) is 0 Å². The molecule has 1 fully saturated rings. The van der Waals surface area contributed by atoms with Crippen molar-refractivity contribution in [2.24, 2.45) is 0 Å². The molecule has 1 nitrogen and oxygen atoms in total. The third kappa shape index (κ3) is 1.41. The minimum Gasteiger partial charge on any atom is -0.207 e. The highest BCUT2D eigenvalue weighted by Gasteiger charge is 2.43. The van der Waals surface area contributed by atoms with Crippen LogP contribution >= 0.6 is 0 Å². The van der Waals surface area contributed by atoms with Crippen molar-refractivity contribution < 1.29 is 8.78 Å². The predicted octanol–water partition coefficient (Wildman–Crippen LogP) is 3.22. The van der Waals surface area contributed by atoms with Gasteiger partial charge in [-0.2, -0.15) is 5.26 Å². The topological polar surface area (TPSA) is 23.8 Å². The molecule has 0 bridgehead atoms. The number of benzene rings is 1. The number of rotatable bonds is 1. The first-order chi connectivity index (χ1) is 7.09. The summed E-state index contributed by atoms with van der Waals surface area (Å²) in [4.78, 5) is 0. The van der Waals surface area contributed by atoms with E-state index in [4.69, 9.17) is 5.26 Å². The molecule has 1 saturated carbocycles. The first kappa shape index (κ1) is 10.1. The van der Waals surface area contributed by atoms with Crippen LogP contribution in [0.4, 0.5) is 8.78 Å². The Kier molecular flexibility index (Phi) is 2.22. The summed E-state index contributed by atoms with van der Waals surface area (Å²) in [5.74, 6) is -1.18. The average Bonchev–Trinajstić information content (AvgIpc) is 2.07. The van der Waals surface area contributed by atoms with Gasteiger partial charge in [0.1, 0.15) is 11.6 Å². The van der Waals surface area contributed by atoms with Crippen LogP contribution < -0.4 is 0 Å². The number of aryl methyl sites for hydroxylation is 1. The summed E-state index contributed by atoms with van der Waals surface area (Å²) < 4.78 is 27.2. The second kappa shape index (κ2) is 3.30. The van der Waals surface area contributed by atoms with Gasteiger partial charge in [-0.3, -0.25) is 0 Å². The molecule has 0 atom stereocenters. The van der Waals surface area contributed by atoms with Gasteiger partial charge in [0.2, 0.25) is 0 Å². The summed E-state index contributed by atoms with van der Waals surface area (Å²) in [6.45, 7) is 1.63. The van der Waals surface area contributed by atoms with Crippen molar-refractivity contribution in [1.29, 1.82) is 5.26 Å². The van der Waals surface area contributed by atoms with Crippen LogP contribution in [0.25, 0.3) is 0 Å². The zero-order chi connectivity index (χ0) is 11.1. The Morgan fingerprint density at radius 1 is 1.27 bits per heavy atom. The molecule has 78 valence electrons. The molecule has 0 unspecified atom stereocenters. The molecule has 2 rings (SSSR count). The SMILES string of the molecule is Cc1cc(F)c(C2(C#N)CCC2)c(F)c1. The smallest absolute Gasteiger partial charge is 0.131 e. The Labute approximate surface area is 87.3 Å². The molecule has 15 heavy (non-hydrogen) atoms. The Bertz CT molecular complexity index is 418. The van der Waals surface area contributed by atoms with Crippen molar-refractivity contribution in [3.8, 4) is 6.07 Å². The number of hydrogen-bond donors (Lipinski definition) is 0. The summed E-state index contributed by atoms with van der Waals surface area (Å²) in [7, 11) is 0. The van der Waals surface area contributed by atoms with Gasteiger partial charge in [-0.1, -0.05) is 0 Å². The minimum absolute atomic E-state index is 0.0400. The molecule has 0 spiro atoms. The normalized spacial score (nSPS) is 18.0. The maximum atomic E-state index is 13.6. The molecular formula is C12H11F2N. The van der Waals surface area contributed by atoms with Crippen LogP contribution in [0.1, 0.15) is 30.4 Å². The van der Waals surface area contributed by atoms with E-state index < -0.39 is 17.0 Å². The number of hydrogen-bond acceptors (Lipinski definition) is 1. The van der Waals surface area contributed by atoms with Crippen molar-refractivity contribution >= 4 is 0 Å². The van der Waals surface area contributed by atoms with E-state index in [-0.39, 0.29) is 5.56 Å². The fourth-order valence-corrected chi connectivity index (χ4v) is 2.11. The van der Waals surface area contributed by atoms with Crippen LogP contribution in [-0.2, 0) is 5.41 Å². The lowest BCUT2D eigenvalue weighted by atomic mass is 9.65. The Hall–Kier alpha value is -1.43. The Balaban J connectivity index is 2.58. The minimum atomic E-state index is -0.915. The zero-order valence-electron chi connectivity index (χ0n) is 8.48. The van der Waals surface area contributed by atoms with Gasteiger partial charge < -0.3 is 0 Å². The molecule has 0 saturated heterocycles. The monoisotopic (exact) mass is 207 g/mol. The molecule has 0 aromatic heterocycles. The first-order valence-corrected chi connectivity index (χ1v) is 4.96. The van der Waals surface area contributed by atoms with Crippen molar-refractivity contribution in [3.05, 3.63) is 34.9 Å². The van der Waals surface area contributed by atoms with E-state index in [1.807, 2.05) is 0 Å². The molecule has 0 radical (unpaired) electrons. The van der Waals surface area contributed by atoms with E-state index in [2.05, 4.69) is 6.07 Å². The third-order valence-corrected chi connectivity index (χ3v) is 3.09. The van der Waals surface area contributed by atoms with Crippen LogP contribution in [0.15, 0.2) is 12.1 Å². The van der Waals surface area contributed by atoms with E-state index in [1.54, 1.807) is 6.92 Å².